The molecule has 1 aliphatic rings. The number of sulfone groups is 1. The molecule has 0 bridgehead atoms. The monoisotopic (exact) mass is 446 g/mol. The average molecular weight is 447 g/mol. The van der Waals surface area contributed by atoms with Gasteiger partial charge in [-0.25, -0.2) is 13.4 Å². The Morgan fingerprint density at radius 1 is 1.14 bits per heavy atom. The summed E-state index contributed by atoms with van der Waals surface area (Å²) >= 11 is 7.62. The van der Waals surface area contributed by atoms with E-state index < -0.39 is 9.84 Å². The summed E-state index contributed by atoms with van der Waals surface area (Å²) in [5.41, 5.74) is 3.57. The summed E-state index contributed by atoms with van der Waals surface area (Å²) in [6.07, 6.45) is 2.01. The number of nitrogens with zero attached hydrogens (tertiary/aromatic N) is 2. The number of halogens is 1. The number of hydrogen-bond donors (Lipinski definition) is 0. The third kappa shape index (κ3) is 4.65. The minimum absolute atomic E-state index is 0.318. The van der Waals surface area contributed by atoms with Crippen LogP contribution in [0.25, 0.3) is 0 Å². The minimum Gasteiger partial charge on any atom is -0.348 e. The highest BCUT2D eigenvalue weighted by atomic mass is 35.5. The summed E-state index contributed by atoms with van der Waals surface area (Å²) in [5.74, 6) is 0. The van der Waals surface area contributed by atoms with Crippen molar-refractivity contribution in [3.8, 4) is 0 Å². The van der Waals surface area contributed by atoms with Gasteiger partial charge in [-0.2, -0.15) is 0 Å². The molecule has 0 aliphatic carbocycles. The maximum absolute atomic E-state index is 12.9. The maximum atomic E-state index is 12.9. The number of piperidine rings is 1. The van der Waals surface area contributed by atoms with Crippen molar-refractivity contribution in [3.63, 3.8) is 0 Å². The molecular formula is C22H23ClN2O2S2. The second-order valence-corrected chi connectivity index (χ2v) is 11.0. The Labute approximate surface area is 181 Å². The van der Waals surface area contributed by atoms with Gasteiger partial charge in [-0.15, -0.1) is 11.3 Å². The number of benzene rings is 2. The Morgan fingerprint density at radius 3 is 2.62 bits per heavy atom. The van der Waals surface area contributed by atoms with Crippen molar-refractivity contribution >= 4 is 37.9 Å². The average Bonchev–Trinajstić information content (AvgIpc) is 3.16. The Kier molecular flexibility index (Phi) is 5.95. The van der Waals surface area contributed by atoms with Gasteiger partial charge in [0.2, 0.25) is 0 Å². The quantitative estimate of drug-likeness (QED) is 0.544. The van der Waals surface area contributed by atoms with E-state index in [1.165, 1.54) is 11.1 Å². The van der Waals surface area contributed by atoms with Crippen molar-refractivity contribution in [2.45, 2.75) is 36.3 Å². The van der Waals surface area contributed by atoms with Gasteiger partial charge in [0.05, 0.1) is 15.8 Å². The van der Waals surface area contributed by atoms with Crippen molar-refractivity contribution in [2.75, 3.05) is 18.0 Å². The third-order valence-corrected chi connectivity index (χ3v) is 8.73. The number of aromatic nitrogens is 1. The van der Waals surface area contributed by atoms with E-state index in [-0.39, 0.29) is 5.25 Å². The molecule has 1 aromatic heterocycles. The molecular weight excluding hydrogens is 424 g/mol. The molecule has 29 heavy (non-hydrogen) atoms. The van der Waals surface area contributed by atoms with Gasteiger partial charge in [-0.3, -0.25) is 0 Å². The highest BCUT2D eigenvalue weighted by Gasteiger charge is 2.32. The molecule has 0 unspecified atom stereocenters. The van der Waals surface area contributed by atoms with E-state index in [0.717, 1.165) is 17.2 Å². The topological polar surface area (TPSA) is 50.3 Å². The Hall–Kier alpha value is -1.89. The van der Waals surface area contributed by atoms with E-state index in [2.05, 4.69) is 41.5 Å². The summed E-state index contributed by atoms with van der Waals surface area (Å²) in [7, 11) is -3.36. The Bertz CT molecular complexity index is 1100. The number of thiazole rings is 1. The minimum atomic E-state index is -3.36. The van der Waals surface area contributed by atoms with E-state index >= 15 is 0 Å². The Morgan fingerprint density at radius 2 is 1.90 bits per heavy atom. The van der Waals surface area contributed by atoms with Crippen molar-refractivity contribution < 1.29 is 8.42 Å². The van der Waals surface area contributed by atoms with Gasteiger partial charge in [-0.05, 0) is 43.5 Å². The third-order valence-electron chi connectivity index (χ3n) is 5.28. The lowest BCUT2D eigenvalue weighted by atomic mass is 10.1. The fourth-order valence-corrected chi connectivity index (χ4v) is 6.66. The van der Waals surface area contributed by atoms with E-state index in [4.69, 9.17) is 16.6 Å². The molecule has 2 aromatic carbocycles. The van der Waals surface area contributed by atoms with Gasteiger partial charge >= 0.3 is 0 Å². The van der Waals surface area contributed by atoms with Crippen molar-refractivity contribution in [1.82, 2.24) is 4.98 Å². The highest BCUT2D eigenvalue weighted by Crippen LogP contribution is 2.30. The highest BCUT2D eigenvalue weighted by molar-refractivity contribution is 7.92. The maximum Gasteiger partial charge on any atom is 0.185 e. The second-order valence-electron chi connectivity index (χ2n) is 7.48. The molecule has 0 atom stereocenters. The van der Waals surface area contributed by atoms with Gasteiger partial charge in [0.25, 0.3) is 0 Å². The zero-order chi connectivity index (χ0) is 20.4. The molecule has 0 N–H and O–H groups in total. The molecule has 1 fully saturated rings. The van der Waals surface area contributed by atoms with Gasteiger partial charge in [0.15, 0.2) is 15.0 Å². The first kappa shape index (κ1) is 20.4. The first-order valence-electron chi connectivity index (χ1n) is 9.66. The predicted molar refractivity (Wildman–Crippen MR) is 120 cm³/mol. The fraction of sp³-hybridized carbons (Fsp3) is 0.318. The number of rotatable bonds is 5. The van der Waals surface area contributed by atoms with E-state index in [1.807, 2.05) is 0 Å². The lowest BCUT2D eigenvalue weighted by Crippen LogP contribution is -2.39. The molecule has 4 nitrogen and oxygen atoms in total. The van der Waals surface area contributed by atoms with Gasteiger partial charge in [0.1, 0.15) is 0 Å². The standard InChI is InChI=1S/C22H23ClN2O2S2/c1-16-4-2-5-17(12-16)13-19-15-28-22(24-19)25-10-8-20(9-11-25)29(26,27)21-7-3-6-18(23)14-21/h2-7,12,14-15,20H,8-11,13H2,1H3. The van der Waals surface area contributed by atoms with Gasteiger partial charge in [0, 0.05) is 29.9 Å². The van der Waals surface area contributed by atoms with Crippen LogP contribution >= 0.6 is 22.9 Å². The van der Waals surface area contributed by atoms with Crippen molar-refractivity contribution in [2.24, 2.45) is 0 Å². The van der Waals surface area contributed by atoms with Crippen molar-refractivity contribution in [3.05, 3.63) is 75.8 Å². The SMILES string of the molecule is Cc1cccc(Cc2csc(N3CCC(S(=O)(=O)c4cccc(Cl)c4)CC3)n2)c1. The molecule has 7 heteroatoms. The normalized spacial score (nSPS) is 15.6. The largest absolute Gasteiger partial charge is 0.348 e. The van der Waals surface area contributed by atoms with E-state index in [0.29, 0.717) is 35.8 Å². The molecule has 0 amide bonds. The van der Waals surface area contributed by atoms with Crippen LogP contribution in [-0.4, -0.2) is 31.7 Å². The van der Waals surface area contributed by atoms with E-state index in [9.17, 15) is 8.42 Å². The Balaban J connectivity index is 1.40. The first-order chi connectivity index (χ1) is 13.9. The summed E-state index contributed by atoms with van der Waals surface area (Å²) in [6.45, 7) is 3.49. The molecule has 2 heterocycles. The molecule has 3 aromatic rings. The van der Waals surface area contributed by atoms with Crippen LogP contribution in [0.15, 0.2) is 58.8 Å². The zero-order valence-electron chi connectivity index (χ0n) is 16.2. The van der Waals surface area contributed by atoms with Gasteiger partial charge in [-0.1, -0.05) is 47.5 Å². The summed E-state index contributed by atoms with van der Waals surface area (Å²) in [5, 5.41) is 3.16. The number of hydrogen-bond acceptors (Lipinski definition) is 5. The smallest absolute Gasteiger partial charge is 0.185 e. The van der Waals surface area contributed by atoms with Crippen LogP contribution < -0.4 is 4.90 Å². The lowest BCUT2D eigenvalue weighted by molar-refractivity contribution is 0.529. The molecule has 0 spiro atoms. The van der Waals surface area contributed by atoms with Crippen LogP contribution in [0.5, 0.6) is 0 Å². The summed E-state index contributed by atoms with van der Waals surface area (Å²) < 4.78 is 25.9. The van der Waals surface area contributed by atoms with Crippen molar-refractivity contribution in [1.29, 1.82) is 0 Å². The summed E-state index contributed by atoms with van der Waals surface area (Å²) in [4.78, 5) is 7.31. The van der Waals surface area contributed by atoms with Crippen LogP contribution in [0, 0.1) is 6.92 Å². The molecule has 0 saturated carbocycles. The lowest BCUT2D eigenvalue weighted by Gasteiger charge is -2.31. The van der Waals surface area contributed by atoms with Crippen LogP contribution in [-0.2, 0) is 16.3 Å². The zero-order valence-corrected chi connectivity index (χ0v) is 18.6. The fourth-order valence-electron chi connectivity index (χ4n) is 3.75. The number of aryl methyl sites for hydroxylation is 1. The molecule has 4 rings (SSSR count). The molecule has 1 aliphatic heterocycles. The van der Waals surface area contributed by atoms with Crippen LogP contribution in [0.2, 0.25) is 5.02 Å². The first-order valence-corrected chi connectivity index (χ1v) is 12.5. The molecule has 152 valence electrons. The number of anilines is 1. The molecule has 1 saturated heterocycles. The molecule has 0 radical (unpaired) electrons. The van der Waals surface area contributed by atoms with Crippen LogP contribution in [0.1, 0.15) is 29.7 Å². The summed E-state index contributed by atoms with van der Waals surface area (Å²) in [6, 6.07) is 15.0. The predicted octanol–water partition coefficient (Wildman–Crippen LogP) is 5.14. The van der Waals surface area contributed by atoms with E-state index in [1.54, 1.807) is 35.6 Å². The van der Waals surface area contributed by atoms with Gasteiger partial charge < -0.3 is 4.90 Å². The van der Waals surface area contributed by atoms with Crippen LogP contribution in [0.3, 0.4) is 0 Å². The second kappa shape index (κ2) is 8.46. The van der Waals surface area contributed by atoms with Crippen LogP contribution in [0.4, 0.5) is 5.13 Å².